The summed E-state index contributed by atoms with van der Waals surface area (Å²) in [5, 5.41) is 11.9. The summed E-state index contributed by atoms with van der Waals surface area (Å²) in [5.41, 5.74) is 2.21. The molecule has 0 bridgehead atoms. The lowest BCUT2D eigenvalue weighted by molar-refractivity contribution is -0.123. The molecule has 1 heterocycles. The summed E-state index contributed by atoms with van der Waals surface area (Å²) in [6.45, 7) is 8.27. The summed E-state index contributed by atoms with van der Waals surface area (Å²) in [7, 11) is 0. The molecule has 0 saturated carbocycles. The quantitative estimate of drug-likeness (QED) is 0.583. The van der Waals surface area contributed by atoms with Gasteiger partial charge in [-0.3, -0.25) is 4.79 Å². The molecular weight excluding hydrogens is 352 g/mol. The first-order valence-electron chi connectivity index (χ1n) is 9.05. The molecule has 1 aromatic rings. The highest BCUT2D eigenvalue weighted by atomic mass is 35.5. The number of halogens is 1. The second-order valence-electron chi connectivity index (χ2n) is 7.19. The van der Waals surface area contributed by atoms with Gasteiger partial charge in [-0.15, -0.1) is 12.4 Å². The SMILES string of the molecule is Cc1ccc(CNC(=O)NC(CC(C)C)C(=O)NC2CCNC2)cc1.Cl. The van der Waals surface area contributed by atoms with E-state index in [4.69, 9.17) is 0 Å². The van der Waals surface area contributed by atoms with Crippen LogP contribution >= 0.6 is 12.4 Å². The van der Waals surface area contributed by atoms with Crippen molar-refractivity contribution in [2.45, 2.75) is 52.2 Å². The van der Waals surface area contributed by atoms with Crippen molar-refractivity contribution in [1.29, 1.82) is 0 Å². The summed E-state index contributed by atoms with van der Waals surface area (Å²) in [6.07, 6.45) is 1.55. The highest BCUT2D eigenvalue weighted by molar-refractivity contribution is 5.87. The number of urea groups is 1. The van der Waals surface area contributed by atoms with Crippen LogP contribution in [0, 0.1) is 12.8 Å². The molecular formula is C19H31ClN4O2. The molecule has 1 saturated heterocycles. The van der Waals surface area contributed by atoms with Gasteiger partial charge in [-0.1, -0.05) is 43.7 Å². The van der Waals surface area contributed by atoms with Crippen molar-refractivity contribution in [3.63, 3.8) is 0 Å². The third-order valence-electron chi connectivity index (χ3n) is 4.31. The molecule has 2 atom stereocenters. The average molecular weight is 383 g/mol. The molecule has 6 nitrogen and oxygen atoms in total. The van der Waals surface area contributed by atoms with Gasteiger partial charge in [0.15, 0.2) is 0 Å². The first-order valence-corrected chi connectivity index (χ1v) is 9.05. The fraction of sp³-hybridized carbons (Fsp3) is 0.579. The number of amides is 3. The first-order chi connectivity index (χ1) is 11.9. The van der Waals surface area contributed by atoms with E-state index < -0.39 is 6.04 Å². The zero-order valence-corrected chi connectivity index (χ0v) is 16.6. The van der Waals surface area contributed by atoms with Crippen LogP contribution in [0.4, 0.5) is 4.79 Å². The number of hydrogen-bond donors (Lipinski definition) is 4. The molecule has 0 aromatic heterocycles. The summed E-state index contributed by atoms with van der Waals surface area (Å²) >= 11 is 0. The number of aryl methyl sites for hydroxylation is 1. The van der Waals surface area contributed by atoms with Crippen molar-refractivity contribution < 1.29 is 9.59 Å². The second-order valence-corrected chi connectivity index (χ2v) is 7.19. The second kappa shape index (κ2) is 11.0. The Morgan fingerprint density at radius 3 is 2.50 bits per heavy atom. The molecule has 1 aliphatic rings. The van der Waals surface area contributed by atoms with Crippen LogP contribution < -0.4 is 21.3 Å². The van der Waals surface area contributed by atoms with E-state index in [-0.39, 0.29) is 30.4 Å². The third kappa shape index (κ3) is 7.62. The van der Waals surface area contributed by atoms with Crippen LogP contribution in [0.15, 0.2) is 24.3 Å². The van der Waals surface area contributed by atoms with Gasteiger partial charge < -0.3 is 21.3 Å². The number of carbonyl (C=O) groups is 2. The van der Waals surface area contributed by atoms with Crippen LogP contribution in [0.3, 0.4) is 0 Å². The van der Waals surface area contributed by atoms with Gasteiger partial charge in [-0.25, -0.2) is 4.79 Å². The largest absolute Gasteiger partial charge is 0.350 e. The summed E-state index contributed by atoms with van der Waals surface area (Å²) < 4.78 is 0. The Kier molecular flexibility index (Phi) is 9.44. The van der Waals surface area contributed by atoms with E-state index in [1.165, 1.54) is 5.56 Å². The van der Waals surface area contributed by atoms with E-state index >= 15 is 0 Å². The maximum absolute atomic E-state index is 12.5. The van der Waals surface area contributed by atoms with Crippen molar-refractivity contribution in [2.24, 2.45) is 5.92 Å². The average Bonchev–Trinajstić information content (AvgIpc) is 3.06. The van der Waals surface area contributed by atoms with Crippen molar-refractivity contribution in [2.75, 3.05) is 13.1 Å². The Bertz CT molecular complexity index is 571. The summed E-state index contributed by atoms with van der Waals surface area (Å²) in [4.78, 5) is 24.7. The molecule has 0 spiro atoms. The minimum absolute atomic E-state index is 0. The lowest BCUT2D eigenvalue weighted by Gasteiger charge is -2.22. The Morgan fingerprint density at radius 1 is 1.23 bits per heavy atom. The predicted octanol–water partition coefficient (Wildman–Crippen LogP) is 2.11. The lowest BCUT2D eigenvalue weighted by Crippen LogP contribution is -2.52. The van der Waals surface area contributed by atoms with E-state index in [9.17, 15) is 9.59 Å². The molecule has 2 unspecified atom stereocenters. The van der Waals surface area contributed by atoms with Gasteiger partial charge in [0.25, 0.3) is 0 Å². The number of rotatable bonds is 7. The van der Waals surface area contributed by atoms with Gasteiger partial charge in [0.05, 0.1) is 0 Å². The lowest BCUT2D eigenvalue weighted by atomic mass is 10.0. The normalized spacial score (nSPS) is 17.3. The highest BCUT2D eigenvalue weighted by Gasteiger charge is 2.25. The highest BCUT2D eigenvalue weighted by Crippen LogP contribution is 2.07. The Morgan fingerprint density at radius 2 is 1.92 bits per heavy atom. The Labute approximate surface area is 162 Å². The zero-order valence-electron chi connectivity index (χ0n) is 15.8. The molecule has 146 valence electrons. The van der Waals surface area contributed by atoms with Crippen molar-refractivity contribution in [3.8, 4) is 0 Å². The minimum Gasteiger partial charge on any atom is -0.350 e. The number of benzene rings is 1. The first kappa shape index (κ1) is 22.3. The van der Waals surface area contributed by atoms with E-state index in [0.29, 0.717) is 18.9 Å². The smallest absolute Gasteiger partial charge is 0.315 e. The van der Waals surface area contributed by atoms with Gasteiger partial charge in [-0.05, 0) is 37.8 Å². The molecule has 26 heavy (non-hydrogen) atoms. The number of nitrogens with one attached hydrogen (secondary N) is 4. The molecule has 1 aromatic carbocycles. The van der Waals surface area contributed by atoms with E-state index in [0.717, 1.165) is 25.1 Å². The Balaban J connectivity index is 0.00000338. The number of carbonyl (C=O) groups excluding carboxylic acids is 2. The van der Waals surface area contributed by atoms with Crippen LogP contribution in [0.5, 0.6) is 0 Å². The van der Waals surface area contributed by atoms with Crippen LogP contribution in [0.25, 0.3) is 0 Å². The van der Waals surface area contributed by atoms with Gasteiger partial charge >= 0.3 is 6.03 Å². The van der Waals surface area contributed by atoms with Crippen LogP contribution in [0.2, 0.25) is 0 Å². The number of hydrogen-bond acceptors (Lipinski definition) is 3. The van der Waals surface area contributed by atoms with Gasteiger partial charge in [0.2, 0.25) is 5.91 Å². The molecule has 0 radical (unpaired) electrons. The molecule has 4 N–H and O–H groups in total. The molecule has 7 heteroatoms. The van der Waals surface area contributed by atoms with Crippen molar-refractivity contribution in [3.05, 3.63) is 35.4 Å². The van der Waals surface area contributed by atoms with Crippen LogP contribution in [-0.4, -0.2) is 37.1 Å². The maximum atomic E-state index is 12.5. The standard InChI is InChI=1S/C19H30N4O2.ClH/c1-13(2)10-17(18(24)22-16-8-9-20-12-16)23-19(25)21-11-15-6-4-14(3)5-7-15;/h4-7,13,16-17,20H,8-12H2,1-3H3,(H,22,24)(H2,21,23,25);1H. The van der Waals surface area contributed by atoms with Gasteiger partial charge in [-0.2, -0.15) is 0 Å². The molecule has 0 aliphatic carbocycles. The maximum Gasteiger partial charge on any atom is 0.315 e. The molecule has 2 rings (SSSR count). The molecule has 1 fully saturated rings. The van der Waals surface area contributed by atoms with E-state index in [1.807, 2.05) is 45.0 Å². The fourth-order valence-electron chi connectivity index (χ4n) is 2.88. The predicted molar refractivity (Wildman–Crippen MR) is 106 cm³/mol. The zero-order chi connectivity index (χ0) is 18.2. The van der Waals surface area contributed by atoms with E-state index in [1.54, 1.807) is 0 Å². The minimum atomic E-state index is -0.515. The summed E-state index contributed by atoms with van der Waals surface area (Å²) in [5.74, 6) is 0.211. The fourth-order valence-corrected chi connectivity index (χ4v) is 2.88. The monoisotopic (exact) mass is 382 g/mol. The van der Waals surface area contributed by atoms with Gasteiger partial charge in [0, 0.05) is 19.1 Å². The molecule has 1 aliphatic heterocycles. The van der Waals surface area contributed by atoms with Gasteiger partial charge in [0.1, 0.15) is 6.04 Å². The molecule has 3 amide bonds. The van der Waals surface area contributed by atoms with Crippen molar-refractivity contribution in [1.82, 2.24) is 21.3 Å². The topological polar surface area (TPSA) is 82.3 Å². The van der Waals surface area contributed by atoms with Crippen molar-refractivity contribution >= 4 is 24.3 Å². The van der Waals surface area contributed by atoms with E-state index in [2.05, 4.69) is 21.3 Å². The Hall–Kier alpha value is -1.79. The van der Waals surface area contributed by atoms with Crippen LogP contribution in [-0.2, 0) is 11.3 Å². The summed E-state index contributed by atoms with van der Waals surface area (Å²) in [6, 6.07) is 7.32. The van der Waals surface area contributed by atoms with Crippen LogP contribution in [0.1, 0.15) is 37.8 Å². The third-order valence-corrected chi connectivity index (χ3v) is 4.31.